The molecule has 0 aromatic heterocycles. The van der Waals surface area contributed by atoms with Gasteiger partial charge in [0.15, 0.2) is 0 Å². The first-order chi connectivity index (χ1) is 2.73. The molecular formula is C4H10Li3O2. The summed E-state index contributed by atoms with van der Waals surface area (Å²) in [5, 5.41) is 17.8. The van der Waals surface area contributed by atoms with Crippen LogP contribution < -0.4 is 47.9 Å². The van der Waals surface area contributed by atoms with Crippen LogP contribution in [0.25, 0.3) is 0 Å². The van der Waals surface area contributed by atoms with Crippen LogP contribution in [0.3, 0.4) is 0 Å². The SMILES string of the molecule is CC(C)[O-].C[O-].[Li+].[Li+].[Li]. The van der Waals surface area contributed by atoms with Gasteiger partial charge >= 0.3 is 37.7 Å². The molecule has 0 spiro atoms. The van der Waals surface area contributed by atoms with Gasteiger partial charge in [0.1, 0.15) is 0 Å². The Morgan fingerprint density at radius 3 is 1.00 bits per heavy atom. The summed E-state index contributed by atoms with van der Waals surface area (Å²) in [5.74, 6) is 0. The van der Waals surface area contributed by atoms with E-state index in [2.05, 4.69) is 0 Å². The van der Waals surface area contributed by atoms with E-state index in [9.17, 15) is 5.11 Å². The van der Waals surface area contributed by atoms with Gasteiger partial charge in [0.2, 0.25) is 0 Å². The molecule has 0 aliphatic rings. The van der Waals surface area contributed by atoms with Crippen LogP contribution in [-0.2, 0) is 0 Å². The standard InChI is InChI=1S/C3H7O.CH3O.3Li/c1-3(2)4;1-2;;;/h3H,1-2H3;1H3;;;/q2*-1;;2*+1. The van der Waals surface area contributed by atoms with Gasteiger partial charge in [-0.2, -0.15) is 7.11 Å². The first-order valence-electron chi connectivity index (χ1n) is 1.80. The molecule has 0 aliphatic heterocycles. The molecule has 41 valence electrons. The van der Waals surface area contributed by atoms with Gasteiger partial charge in [-0.25, -0.2) is 0 Å². The molecule has 0 rings (SSSR count). The fraction of sp³-hybridized carbons (Fsp3) is 1.00. The third-order valence-corrected chi connectivity index (χ3v) is 0. The molecule has 0 aromatic rings. The summed E-state index contributed by atoms with van der Waals surface area (Å²) in [5.41, 5.74) is 0. The average Bonchev–Trinajstić information content (AvgIpc) is 1.41. The second kappa shape index (κ2) is 33.2. The van der Waals surface area contributed by atoms with Crippen LogP contribution in [0.2, 0.25) is 0 Å². The molecule has 1 radical (unpaired) electrons. The molecule has 0 aromatic carbocycles. The van der Waals surface area contributed by atoms with E-state index in [1.165, 1.54) is 0 Å². The van der Waals surface area contributed by atoms with Crippen LogP contribution >= 0.6 is 0 Å². The molecule has 0 N–H and O–H groups in total. The largest absolute Gasteiger partial charge is 1.00 e. The zero-order valence-corrected chi connectivity index (χ0v) is 7.39. The normalized spacial score (nSPS) is 4.67. The van der Waals surface area contributed by atoms with Crippen LogP contribution in [0.5, 0.6) is 0 Å². The Labute approximate surface area is 93.3 Å². The predicted octanol–water partition coefficient (Wildman–Crippen LogP) is -7.64. The number of hydrogen-bond donors (Lipinski definition) is 0. The minimum absolute atomic E-state index is 0. The molecule has 9 heavy (non-hydrogen) atoms. The van der Waals surface area contributed by atoms with Gasteiger partial charge in [0, 0.05) is 18.9 Å². The van der Waals surface area contributed by atoms with E-state index in [0.29, 0.717) is 0 Å². The van der Waals surface area contributed by atoms with E-state index in [1.807, 2.05) is 0 Å². The van der Waals surface area contributed by atoms with Crippen LogP contribution in [0.4, 0.5) is 0 Å². The molecule has 0 saturated carbocycles. The summed E-state index contributed by atoms with van der Waals surface area (Å²) in [4.78, 5) is 0. The Balaban J connectivity index is -0.00000000990. The fourth-order valence-corrected chi connectivity index (χ4v) is 0. The van der Waals surface area contributed by atoms with Gasteiger partial charge in [-0.15, -0.1) is 6.10 Å². The van der Waals surface area contributed by atoms with Crippen molar-refractivity contribution in [3.63, 3.8) is 0 Å². The van der Waals surface area contributed by atoms with Crippen molar-refractivity contribution in [2.45, 2.75) is 20.0 Å². The Kier molecular flexibility index (Phi) is 114. The molecule has 0 heterocycles. The second-order valence-electron chi connectivity index (χ2n) is 1.05. The molecule has 0 fully saturated rings. The zero-order valence-electron chi connectivity index (χ0n) is 7.39. The Hall–Kier alpha value is 1.71. The van der Waals surface area contributed by atoms with E-state index < -0.39 is 6.10 Å². The van der Waals surface area contributed by atoms with Crippen LogP contribution in [0.1, 0.15) is 13.8 Å². The third kappa shape index (κ3) is 197. The average molecular weight is 111 g/mol. The molecule has 0 saturated heterocycles. The molecular weight excluding hydrogens is 101 g/mol. The minimum Gasteiger partial charge on any atom is -0.857 e. The molecule has 0 atom stereocenters. The van der Waals surface area contributed by atoms with Crippen molar-refractivity contribution in [2.24, 2.45) is 0 Å². The van der Waals surface area contributed by atoms with Crippen LogP contribution in [-0.4, -0.2) is 32.1 Å². The fourth-order valence-electron chi connectivity index (χ4n) is 0. The van der Waals surface area contributed by atoms with Crippen LogP contribution in [0.15, 0.2) is 0 Å². The van der Waals surface area contributed by atoms with Crippen molar-refractivity contribution in [3.05, 3.63) is 0 Å². The Bertz CT molecular complexity index is 18.5. The first kappa shape index (κ1) is 31.0. The van der Waals surface area contributed by atoms with Crippen molar-refractivity contribution in [1.82, 2.24) is 0 Å². The topological polar surface area (TPSA) is 46.1 Å². The quantitative estimate of drug-likeness (QED) is 0.291. The summed E-state index contributed by atoms with van der Waals surface area (Å²) in [6.45, 7) is 3.22. The maximum Gasteiger partial charge on any atom is 1.00 e. The van der Waals surface area contributed by atoms with Crippen molar-refractivity contribution in [3.8, 4) is 0 Å². The summed E-state index contributed by atoms with van der Waals surface area (Å²) in [7, 11) is 0.750. The minimum atomic E-state index is -0.417. The second-order valence-corrected chi connectivity index (χ2v) is 1.05. The van der Waals surface area contributed by atoms with Gasteiger partial charge in [0.05, 0.1) is 0 Å². The molecule has 0 unspecified atom stereocenters. The van der Waals surface area contributed by atoms with E-state index in [4.69, 9.17) is 5.11 Å². The first-order valence-corrected chi connectivity index (χ1v) is 1.80. The van der Waals surface area contributed by atoms with E-state index in [1.54, 1.807) is 13.8 Å². The molecule has 0 bridgehead atoms. The van der Waals surface area contributed by atoms with E-state index >= 15 is 0 Å². The Morgan fingerprint density at radius 1 is 1.00 bits per heavy atom. The summed E-state index contributed by atoms with van der Waals surface area (Å²) in [6, 6.07) is 0. The molecule has 2 nitrogen and oxygen atoms in total. The zero-order chi connectivity index (χ0) is 5.58. The van der Waals surface area contributed by atoms with Crippen molar-refractivity contribution in [2.75, 3.05) is 7.11 Å². The number of hydrogen-bond acceptors (Lipinski definition) is 2. The summed E-state index contributed by atoms with van der Waals surface area (Å²) >= 11 is 0. The molecule has 0 amide bonds. The third-order valence-electron chi connectivity index (χ3n) is 0. The van der Waals surface area contributed by atoms with Crippen molar-refractivity contribution < 1.29 is 47.9 Å². The predicted molar refractivity (Wildman–Crippen MR) is 26.8 cm³/mol. The van der Waals surface area contributed by atoms with Gasteiger partial charge < -0.3 is 10.2 Å². The van der Waals surface area contributed by atoms with Gasteiger partial charge in [0.25, 0.3) is 0 Å². The monoisotopic (exact) mass is 111 g/mol. The van der Waals surface area contributed by atoms with Crippen LogP contribution in [0, 0.1) is 0 Å². The van der Waals surface area contributed by atoms with E-state index in [-0.39, 0.29) is 56.6 Å². The van der Waals surface area contributed by atoms with E-state index in [0.717, 1.165) is 7.11 Å². The summed E-state index contributed by atoms with van der Waals surface area (Å²) in [6.07, 6.45) is -0.417. The molecule has 0 aliphatic carbocycles. The van der Waals surface area contributed by atoms with Crippen molar-refractivity contribution >= 4 is 18.9 Å². The maximum atomic E-state index is 9.53. The Morgan fingerprint density at radius 2 is 1.00 bits per heavy atom. The molecule has 5 heteroatoms. The smallest absolute Gasteiger partial charge is 0.857 e. The summed E-state index contributed by atoms with van der Waals surface area (Å²) < 4.78 is 0. The van der Waals surface area contributed by atoms with Gasteiger partial charge in [-0.3, -0.25) is 0 Å². The maximum absolute atomic E-state index is 9.53. The van der Waals surface area contributed by atoms with Crippen molar-refractivity contribution in [1.29, 1.82) is 0 Å². The van der Waals surface area contributed by atoms with Gasteiger partial charge in [-0.1, -0.05) is 13.8 Å². The van der Waals surface area contributed by atoms with Gasteiger partial charge in [-0.05, 0) is 0 Å². The number of rotatable bonds is 0.